The maximum atomic E-state index is 11.9. The lowest BCUT2D eigenvalue weighted by Gasteiger charge is -2.16. The van der Waals surface area contributed by atoms with Crippen molar-refractivity contribution in [1.29, 1.82) is 0 Å². The second-order valence-corrected chi connectivity index (χ2v) is 5.93. The summed E-state index contributed by atoms with van der Waals surface area (Å²) in [5.74, 6) is -1.91. The molecule has 1 aromatic rings. The predicted molar refractivity (Wildman–Crippen MR) is 76.1 cm³/mol. The summed E-state index contributed by atoms with van der Waals surface area (Å²) in [6, 6.07) is 3.18. The molecule has 2 aliphatic rings. The standard InChI is InChI=1S/C14H14ClN3O3/c15-10-5-9-11(6-8(10)12(9)14(20)21)17-18-13(19)7-1-3-16-4-2-7/h1-4,8-10,12H,5-6H2,(H,18,19)(H,20,21)/b17-11-/t8-,9-,10+,12+/m0/s1. The fraction of sp³-hybridized carbons (Fsp3) is 0.429. The Bertz CT molecular complexity index is 605. The Morgan fingerprint density at radius 2 is 2.10 bits per heavy atom. The van der Waals surface area contributed by atoms with Crippen LogP contribution in [0.15, 0.2) is 29.6 Å². The Balaban J connectivity index is 1.72. The molecule has 0 unspecified atom stereocenters. The Hall–Kier alpha value is -1.95. The molecule has 3 rings (SSSR count). The van der Waals surface area contributed by atoms with E-state index in [4.69, 9.17) is 11.6 Å². The van der Waals surface area contributed by atoms with Crippen LogP contribution in [-0.4, -0.2) is 33.1 Å². The van der Waals surface area contributed by atoms with Gasteiger partial charge in [0.25, 0.3) is 5.91 Å². The van der Waals surface area contributed by atoms with E-state index in [-0.39, 0.29) is 23.1 Å². The van der Waals surface area contributed by atoms with Crippen LogP contribution in [0.25, 0.3) is 0 Å². The van der Waals surface area contributed by atoms with E-state index in [0.717, 1.165) is 5.71 Å². The van der Waals surface area contributed by atoms with Crippen molar-refractivity contribution in [2.75, 3.05) is 0 Å². The number of alkyl halides is 1. The Labute approximate surface area is 126 Å². The van der Waals surface area contributed by atoms with E-state index in [1.165, 1.54) is 12.4 Å². The molecule has 1 heterocycles. The third kappa shape index (κ3) is 2.51. The number of hydrogen-bond donors (Lipinski definition) is 2. The van der Waals surface area contributed by atoms with Crippen molar-refractivity contribution in [3.63, 3.8) is 0 Å². The summed E-state index contributed by atoms with van der Waals surface area (Å²) in [5, 5.41) is 13.3. The second kappa shape index (κ2) is 5.44. The highest BCUT2D eigenvalue weighted by Crippen LogP contribution is 2.50. The highest BCUT2D eigenvalue weighted by atomic mass is 35.5. The molecule has 2 aliphatic carbocycles. The summed E-state index contributed by atoms with van der Waals surface area (Å²) >= 11 is 6.16. The molecule has 2 N–H and O–H groups in total. The van der Waals surface area contributed by atoms with Crippen LogP contribution < -0.4 is 5.43 Å². The van der Waals surface area contributed by atoms with Gasteiger partial charge in [-0.3, -0.25) is 14.6 Å². The molecule has 0 spiro atoms. The van der Waals surface area contributed by atoms with Crippen molar-refractivity contribution in [1.82, 2.24) is 10.4 Å². The molecular weight excluding hydrogens is 294 g/mol. The van der Waals surface area contributed by atoms with E-state index in [0.29, 0.717) is 18.4 Å². The number of hydrazone groups is 1. The molecule has 21 heavy (non-hydrogen) atoms. The second-order valence-electron chi connectivity index (χ2n) is 5.37. The fourth-order valence-corrected chi connectivity index (χ4v) is 3.69. The molecule has 0 radical (unpaired) electrons. The average molecular weight is 308 g/mol. The zero-order chi connectivity index (χ0) is 15.0. The van der Waals surface area contributed by atoms with E-state index in [9.17, 15) is 14.7 Å². The number of carbonyl (C=O) groups is 2. The number of carbonyl (C=O) groups excluding carboxylic acids is 1. The molecule has 0 aromatic carbocycles. The Morgan fingerprint density at radius 1 is 1.38 bits per heavy atom. The zero-order valence-electron chi connectivity index (χ0n) is 11.1. The van der Waals surface area contributed by atoms with Gasteiger partial charge in [-0.1, -0.05) is 0 Å². The van der Waals surface area contributed by atoms with Gasteiger partial charge in [0.05, 0.1) is 5.92 Å². The van der Waals surface area contributed by atoms with Crippen LogP contribution in [0, 0.1) is 17.8 Å². The lowest BCUT2D eigenvalue weighted by atomic mass is 9.98. The van der Waals surface area contributed by atoms with E-state index in [1.54, 1.807) is 12.1 Å². The van der Waals surface area contributed by atoms with Gasteiger partial charge in [0, 0.05) is 35.0 Å². The van der Waals surface area contributed by atoms with E-state index in [2.05, 4.69) is 15.5 Å². The first-order valence-corrected chi connectivity index (χ1v) is 7.15. The minimum Gasteiger partial charge on any atom is -0.481 e. The molecule has 2 fully saturated rings. The molecule has 0 saturated heterocycles. The minimum absolute atomic E-state index is 0.0919. The molecule has 1 aromatic heterocycles. The summed E-state index contributed by atoms with van der Waals surface area (Å²) < 4.78 is 0. The normalized spacial score (nSPS) is 32.3. The van der Waals surface area contributed by atoms with Crippen molar-refractivity contribution in [2.24, 2.45) is 22.9 Å². The lowest BCUT2D eigenvalue weighted by molar-refractivity contribution is -0.143. The number of halogens is 1. The quantitative estimate of drug-likeness (QED) is 0.654. The van der Waals surface area contributed by atoms with Crippen LogP contribution in [0.1, 0.15) is 23.2 Å². The number of carboxylic acids is 1. The Morgan fingerprint density at radius 3 is 2.71 bits per heavy atom. The number of rotatable bonds is 3. The molecule has 2 bridgehead atoms. The van der Waals surface area contributed by atoms with Crippen LogP contribution in [0.4, 0.5) is 0 Å². The van der Waals surface area contributed by atoms with Crippen LogP contribution in [0.2, 0.25) is 0 Å². The first-order valence-electron chi connectivity index (χ1n) is 6.71. The third-order valence-corrected chi connectivity index (χ3v) is 4.74. The topological polar surface area (TPSA) is 91.7 Å². The average Bonchev–Trinajstić information content (AvgIpc) is 2.99. The van der Waals surface area contributed by atoms with Gasteiger partial charge in [-0.25, -0.2) is 5.43 Å². The van der Waals surface area contributed by atoms with Crippen molar-refractivity contribution < 1.29 is 14.7 Å². The van der Waals surface area contributed by atoms with E-state index >= 15 is 0 Å². The predicted octanol–water partition coefficient (Wildman–Crippen LogP) is 1.52. The first-order chi connectivity index (χ1) is 10.1. The van der Waals surface area contributed by atoms with E-state index < -0.39 is 11.9 Å². The Kier molecular flexibility index (Phi) is 3.63. The number of hydrogen-bond acceptors (Lipinski definition) is 4. The summed E-state index contributed by atoms with van der Waals surface area (Å²) in [6.07, 6.45) is 4.19. The number of fused-ring (bicyclic) bond motifs is 2. The fourth-order valence-electron chi connectivity index (χ4n) is 3.25. The largest absolute Gasteiger partial charge is 0.481 e. The summed E-state index contributed by atoms with van der Waals surface area (Å²) in [4.78, 5) is 27.0. The maximum absolute atomic E-state index is 11.9. The first kappa shape index (κ1) is 14.0. The number of aliphatic carboxylic acids is 1. The van der Waals surface area contributed by atoms with Gasteiger partial charge < -0.3 is 5.11 Å². The van der Waals surface area contributed by atoms with Gasteiger partial charge in [-0.15, -0.1) is 11.6 Å². The van der Waals surface area contributed by atoms with Crippen LogP contribution in [0.5, 0.6) is 0 Å². The molecule has 2 saturated carbocycles. The molecule has 6 nitrogen and oxygen atoms in total. The van der Waals surface area contributed by atoms with Gasteiger partial charge in [0.1, 0.15) is 0 Å². The maximum Gasteiger partial charge on any atom is 0.307 e. The molecule has 1 amide bonds. The number of amides is 1. The van der Waals surface area contributed by atoms with Gasteiger partial charge in [-0.2, -0.15) is 5.10 Å². The number of pyridine rings is 1. The highest BCUT2D eigenvalue weighted by Gasteiger charge is 2.54. The van der Waals surface area contributed by atoms with Gasteiger partial charge in [0.15, 0.2) is 0 Å². The van der Waals surface area contributed by atoms with Crippen LogP contribution >= 0.6 is 11.6 Å². The van der Waals surface area contributed by atoms with Crippen LogP contribution in [0.3, 0.4) is 0 Å². The molecule has 7 heteroatoms. The third-order valence-electron chi connectivity index (χ3n) is 4.24. The summed E-state index contributed by atoms with van der Waals surface area (Å²) in [6.45, 7) is 0. The smallest absolute Gasteiger partial charge is 0.307 e. The van der Waals surface area contributed by atoms with Crippen molar-refractivity contribution in [3.8, 4) is 0 Å². The molecule has 0 aliphatic heterocycles. The minimum atomic E-state index is -0.834. The number of carboxylic acid groups (broad SMARTS) is 1. The highest BCUT2D eigenvalue weighted by molar-refractivity contribution is 6.22. The van der Waals surface area contributed by atoms with Crippen molar-refractivity contribution in [2.45, 2.75) is 18.2 Å². The molecule has 110 valence electrons. The van der Waals surface area contributed by atoms with Crippen molar-refractivity contribution in [3.05, 3.63) is 30.1 Å². The van der Waals surface area contributed by atoms with Gasteiger partial charge >= 0.3 is 5.97 Å². The van der Waals surface area contributed by atoms with Gasteiger partial charge in [-0.05, 0) is 30.9 Å². The molecular formula is C14H14ClN3O3. The van der Waals surface area contributed by atoms with Crippen LogP contribution in [-0.2, 0) is 4.79 Å². The van der Waals surface area contributed by atoms with E-state index in [1.807, 2.05) is 0 Å². The SMILES string of the molecule is O=C(N/N=C1/C[C@@H]2[C@@H](C(=O)O)[C@H]1C[C@H]2Cl)c1ccncc1. The van der Waals surface area contributed by atoms with Gasteiger partial charge in [0.2, 0.25) is 0 Å². The number of nitrogens with one attached hydrogen (secondary N) is 1. The summed E-state index contributed by atoms with van der Waals surface area (Å²) in [7, 11) is 0. The summed E-state index contributed by atoms with van der Waals surface area (Å²) in [5.41, 5.74) is 3.67. The number of nitrogens with zero attached hydrogens (tertiary/aromatic N) is 2. The van der Waals surface area contributed by atoms with Crippen molar-refractivity contribution >= 4 is 29.2 Å². The number of aromatic nitrogens is 1. The monoisotopic (exact) mass is 307 g/mol. The lowest BCUT2D eigenvalue weighted by Crippen LogP contribution is -2.24. The molecule has 4 atom stereocenters. The zero-order valence-corrected chi connectivity index (χ0v) is 11.8.